The first-order valence-electron chi connectivity index (χ1n) is 5.84. The second-order valence-corrected chi connectivity index (χ2v) is 5.20. The van der Waals surface area contributed by atoms with Crippen LogP contribution in [0.3, 0.4) is 0 Å². The predicted octanol–water partition coefficient (Wildman–Crippen LogP) is 3.25. The number of aromatic nitrogens is 4. The second-order valence-electron chi connectivity index (χ2n) is 4.34. The predicted molar refractivity (Wildman–Crippen MR) is 77.7 cm³/mol. The molecule has 6 heteroatoms. The number of aryl methyl sites for hydroxylation is 2. The third-order valence-corrected chi connectivity index (χ3v) is 3.68. The molecule has 3 rings (SSSR count). The largest absolute Gasteiger partial charge is 0.340 e. The molecule has 0 saturated heterocycles. The van der Waals surface area contributed by atoms with Crippen molar-refractivity contribution in [3.8, 4) is 0 Å². The van der Waals surface area contributed by atoms with Crippen LogP contribution in [-0.2, 0) is 0 Å². The van der Waals surface area contributed by atoms with Crippen molar-refractivity contribution >= 4 is 33.2 Å². The van der Waals surface area contributed by atoms with Gasteiger partial charge in [0, 0.05) is 21.9 Å². The molecule has 0 spiro atoms. The first-order chi connectivity index (χ1) is 9.13. The van der Waals surface area contributed by atoms with Gasteiger partial charge in [0.05, 0.1) is 0 Å². The fraction of sp³-hybridized carbons (Fsp3) is 0.154. The highest BCUT2D eigenvalue weighted by molar-refractivity contribution is 9.10. The standard InChI is InChI=1S/C13H12BrN5/c1-8-3-4-10(6-11(8)14)18-12-5-9(2)17-13-15-7-16-19(12)13/h3-7,18H,1-2H3. The van der Waals surface area contributed by atoms with E-state index in [4.69, 9.17) is 0 Å². The van der Waals surface area contributed by atoms with Crippen LogP contribution in [0.5, 0.6) is 0 Å². The SMILES string of the molecule is Cc1cc(Nc2ccc(C)c(Br)c2)n2ncnc2n1. The summed E-state index contributed by atoms with van der Waals surface area (Å²) in [5.41, 5.74) is 3.08. The monoisotopic (exact) mass is 317 g/mol. The number of halogens is 1. The average Bonchev–Trinajstić information content (AvgIpc) is 2.82. The van der Waals surface area contributed by atoms with Crippen LogP contribution in [0.15, 0.2) is 35.1 Å². The third kappa shape index (κ3) is 2.31. The normalized spacial score (nSPS) is 10.9. The van der Waals surface area contributed by atoms with E-state index in [1.165, 1.54) is 11.9 Å². The molecule has 0 radical (unpaired) electrons. The first-order valence-corrected chi connectivity index (χ1v) is 6.63. The smallest absolute Gasteiger partial charge is 0.254 e. The van der Waals surface area contributed by atoms with E-state index in [1.807, 2.05) is 25.1 Å². The van der Waals surface area contributed by atoms with Crippen molar-refractivity contribution in [2.75, 3.05) is 5.32 Å². The number of anilines is 2. The van der Waals surface area contributed by atoms with Gasteiger partial charge in [0.25, 0.3) is 5.78 Å². The highest BCUT2D eigenvalue weighted by atomic mass is 79.9. The molecule has 0 aliphatic heterocycles. The van der Waals surface area contributed by atoms with Gasteiger partial charge in [-0.2, -0.15) is 14.6 Å². The van der Waals surface area contributed by atoms with E-state index < -0.39 is 0 Å². The minimum Gasteiger partial charge on any atom is -0.340 e. The number of hydrogen-bond donors (Lipinski definition) is 1. The van der Waals surface area contributed by atoms with Gasteiger partial charge in [-0.3, -0.25) is 0 Å². The molecule has 0 saturated carbocycles. The van der Waals surface area contributed by atoms with Crippen molar-refractivity contribution in [3.05, 3.63) is 46.3 Å². The van der Waals surface area contributed by atoms with Gasteiger partial charge in [-0.05, 0) is 31.5 Å². The molecule has 2 aromatic heterocycles. The Kier molecular flexibility index (Phi) is 2.94. The van der Waals surface area contributed by atoms with Crippen LogP contribution in [0.2, 0.25) is 0 Å². The Hall–Kier alpha value is -1.95. The van der Waals surface area contributed by atoms with E-state index in [0.717, 1.165) is 21.7 Å². The molecule has 0 atom stereocenters. The Morgan fingerprint density at radius 1 is 1.21 bits per heavy atom. The molecule has 0 amide bonds. The molecular formula is C13H12BrN5. The topological polar surface area (TPSA) is 55.1 Å². The van der Waals surface area contributed by atoms with Crippen molar-refractivity contribution in [1.82, 2.24) is 19.6 Å². The number of benzene rings is 1. The molecule has 0 bridgehead atoms. The molecule has 0 unspecified atom stereocenters. The lowest BCUT2D eigenvalue weighted by Gasteiger charge is -2.09. The molecule has 2 heterocycles. The summed E-state index contributed by atoms with van der Waals surface area (Å²) in [4.78, 5) is 8.41. The van der Waals surface area contributed by atoms with Crippen molar-refractivity contribution < 1.29 is 0 Å². The fourth-order valence-corrected chi connectivity index (χ4v) is 2.22. The molecular weight excluding hydrogens is 306 g/mol. The van der Waals surface area contributed by atoms with E-state index >= 15 is 0 Å². The fourth-order valence-electron chi connectivity index (χ4n) is 1.84. The zero-order valence-electron chi connectivity index (χ0n) is 10.6. The van der Waals surface area contributed by atoms with Crippen molar-refractivity contribution in [2.24, 2.45) is 0 Å². The summed E-state index contributed by atoms with van der Waals surface area (Å²) in [5.74, 6) is 1.43. The van der Waals surface area contributed by atoms with Crippen LogP contribution < -0.4 is 5.32 Å². The third-order valence-electron chi connectivity index (χ3n) is 2.82. The Balaban J connectivity index is 2.04. The number of hydrogen-bond acceptors (Lipinski definition) is 4. The van der Waals surface area contributed by atoms with E-state index in [9.17, 15) is 0 Å². The van der Waals surface area contributed by atoms with Crippen LogP contribution in [-0.4, -0.2) is 19.6 Å². The molecule has 19 heavy (non-hydrogen) atoms. The van der Waals surface area contributed by atoms with Gasteiger partial charge >= 0.3 is 0 Å². The summed E-state index contributed by atoms with van der Waals surface area (Å²) in [6, 6.07) is 8.06. The molecule has 0 aliphatic carbocycles. The van der Waals surface area contributed by atoms with Gasteiger partial charge in [-0.25, -0.2) is 4.98 Å². The van der Waals surface area contributed by atoms with E-state index in [-0.39, 0.29) is 0 Å². The van der Waals surface area contributed by atoms with Gasteiger partial charge in [-0.1, -0.05) is 22.0 Å². The number of rotatable bonds is 2. The summed E-state index contributed by atoms with van der Waals surface area (Å²) >= 11 is 3.53. The summed E-state index contributed by atoms with van der Waals surface area (Å²) < 4.78 is 2.75. The molecule has 1 N–H and O–H groups in total. The van der Waals surface area contributed by atoms with Crippen LogP contribution in [0.4, 0.5) is 11.5 Å². The lowest BCUT2D eigenvalue weighted by molar-refractivity contribution is 0.937. The van der Waals surface area contributed by atoms with Crippen LogP contribution in [0.25, 0.3) is 5.78 Å². The summed E-state index contributed by atoms with van der Waals surface area (Å²) in [5, 5.41) is 7.50. The Labute approximate surface area is 118 Å². The second kappa shape index (κ2) is 4.62. The summed E-state index contributed by atoms with van der Waals surface area (Å²) in [7, 11) is 0. The maximum atomic E-state index is 4.31. The lowest BCUT2D eigenvalue weighted by atomic mass is 10.2. The number of nitrogens with one attached hydrogen (secondary N) is 1. The summed E-state index contributed by atoms with van der Waals surface area (Å²) in [6.45, 7) is 3.99. The summed E-state index contributed by atoms with van der Waals surface area (Å²) in [6.07, 6.45) is 1.50. The molecule has 0 aliphatic rings. The van der Waals surface area contributed by atoms with Crippen LogP contribution in [0.1, 0.15) is 11.3 Å². The van der Waals surface area contributed by atoms with Gasteiger partial charge in [-0.15, -0.1) is 0 Å². The Morgan fingerprint density at radius 2 is 2.05 bits per heavy atom. The van der Waals surface area contributed by atoms with E-state index in [1.54, 1.807) is 4.52 Å². The minimum absolute atomic E-state index is 0.591. The zero-order valence-corrected chi connectivity index (χ0v) is 12.1. The Morgan fingerprint density at radius 3 is 2.84 bits per heavy atom. The first kappa shape index (κ1) is 12.1. The number of nitrogens with zero attached hydrogens (tertiary/aromatic N) is 4. The highest BCUT2D eigenvalue weighted by Crippen LogP contribution is 2.23. The Bertz CT molecular complexity index is 750. The maximum Gasteiger partial charge on any atom is 0.254 e. The highest BCUT2D eigenvalue weighted by Gasteiger charge is 2.06. The molecule has 5 nitrogen and oxygen atoms in total. The maximum absolute atomic E-state index is 4.31. The molecule has 96 valence electrons. The van der Waals surface area contributed by atoms with Crippen molar-refractivity contribution in [3.63, 3.8) is 0 Å². The van der Waals surface area contributed by atoms with Gasteiger partial charge in [0.1, 0.15) is 12.1 Å². The van der Waals surface area contributed by atoms with Crippen LogP contribution >= 0.6 is 15.9 Å². The van der Waals surface area contributed by atoms with Crippen molar-refractivity contribution in [2.45, 2.75) is 13.8 Å². The average molecular weight is 318 g/mol. The quantitative estimate of drug-likeness (QED) is 0.788. The zero-order chi connectivity index (χ0) is 13.4. The van der Waals surface area contributed by atoms with E-state index in [0.29, 0.717) is 5.78 Å². The van der Waals surface area contributed by atoms with Crippen LogP contribution in [0, 0.1) is 13.8 Å². The lowest BCUT2D eigenvalue weighted by Crippen LogP contribution is -2.02. The molecule has 0 fully saturated rings. The molecule has 3 aromatic rings. The van der Waals surface area contributed by atoms with Gasteiger partial charge in [0.15, 0.2) is 0 Å². The van der Waals surface area contributed by atoms with Crippen molar-refractivity contribution in [1.29, 1.82) is 0 Å². The van der Waals surface area contributed by atoms with Gasteiger partial charge in [0.2, 0.25) is 0 Å². The number of fused-ring (bicyclic) bond motifs is 1. The molecule has 1 aromatic carbocycles. The minimum atomic E-state index is 0.591. The van der Waals surface area contributed by atoms with E-state index in [2.05, 4.69) is 49.3 Å². The van der Waals surface area contributed by atoms with Gasteiger partial charge < -0.3 is 5.32 Å².